The first kappa shape index (κ1) is 14.2. The second kappa shape index (κ2) is 5.24. The van der Waals surface area contributed by atoms with E-state index < -0.39 is 5.82 Å². The van der Waals surface area contributed by atoms with Gasteiger partial charge in [-0.1, -0.05) is 17.7 Å². The summed E-state index contributed by atoms with van der Waals surface area (Å²) in [7, 11) is 1.48. The van der Waals surface area contributed by atoms with E-state index in [-0.39, 0.29) is 11.4 Å². The predicted octanol–water partition coefficient (Wildman–Crippen LogP) is 4.78. The van der Waals surface area contributed by atoms with Gasteiger partial charge in [0.25, 0.3) is 0 Å². The molecule has 0 aliphatic heterocycles. The second-order valence-electron chi connectivity index (χ2n) is 4.62. The summed E-state index contributed by atoms with van der Waals surface area (Å²) in [5.41, 5.74) is 1.29. The number of rotatable bonds is 2. The lowest BCUT2D eigenvalue weighted by atomic mass is 10.1. The van der Waals surface area contributed by atoms with E-state index in [0.29, 0.717) is 10.9 Å². The molecule has 0 atom stereocenters. The summed E-state index contributed by atoms with van der Waals surface area (Å²) in [6.45, 7) is 3.98. The number of hydrogen-bond donors (Lipinski definition) is 0. The first-order valence-electron chi connectivity index (χ1n) is 6.29. The Morgan fingerprint density at radius 3 is 2.71 bits per heavy atom. The molecule has 2 heterocycles. The zero-order chi connectivity index (χ0) is 15.1. The van der Waals surface area contributed by atoms with Crippen LogP contribution < -0.4 is 4.74 Å². The Bertz CT molecular complexity index is 847. The summed E-state index contributed by atoms with van der Waals surface area (Å²) < 4.78 is 19.3. The maximum Gasteiger partial charge on any atom is 0.169 e. The van der Waals surface area contributed by atoms with Gasteiger partial charge in [-0.3, -0.25) is 0 Å². The summed E-state index contributed by atoms with van der Waals surface area (Å²) in [5, 5.41) is 1.17. The Labute approximate surface area is 130 Å². The maximum atomic E-state index is 14.1. The summed E-state index contributed by atoms with van der Waals surface area (Å²) in [6.07, 6.45) is 0. The van der Waals surface area contributed by atoms with Gasteiger partial charge in [-0.05, 0) is 31.5 Å². The summed E-state index contributed by atoms with van der Waals surface area (Å²) in [5.74, 6) is 0.189. The molecule has 0 saturated heterocycles. The van der Waals surface area contributed by atoms with Crippen LogP contribution in [-0.2, 0) is 0 Å². The maximum absolute atomic E-state index is 14.1. The van der Waals surface area contributed by atoms with Crippen molar-refractivity contribution in [1.82, 2.24) is 9.97 Å². The Kier molecular flexibility index (Phi) is 3.55. The third-order valence-electron chi connectivity index (χ3n) is 3.40. The lowest BCUT2D eigenvalue weighted by Crippen LogP contribution is -1.97. The molecule has 108 valence electrons. The van der Waals surface area contributed by atoms with Gasteiger partial charge >= 0.3 is 0 Å². The number of aryl methyl sites for hydroxylation is 2. The largest absolute Gasteiger partial charge is 0.496 e. The zero-order valence-corrected chi connectivity index (χ0v) is 13.3. The Balaban J connectivity index is 2.32. The molecule has 0 spiro atoms. The van der Waals surface area contributed by atoms with Crippen molar-refractivity contribution in [2.75, 3.05) is 7.11 Å². The van der Waals surface area contributed by atoms with Crippen LogP contribution in [0, 0.1) is 19.7 Å². The van der Waals surface area contributed by atoms with Crippen molar-refractivity contribution in [2.45, 2.75) is 13.8 Å². The topological polar surface area (TPSA) is 35.0 Å². The quantitative estimate of drug-likeness (QED) is 0.637. The molecule has 21 heavy (non-hydrogen) atoms. The minimum Gasteiger partial charge on any atom is -0.496 e. The van der Waals surface area contributed by atoms with Gasteiger partial charge in [0, 0.05) is 4.88 Å². The molecule has 6 heteroatoms. The molecular formula is C15H12ClFN2OS. The van der Waals surface area contributed by atoms with Crippen LogP contribution in [-0.4, -0.2) is 17.1 Å². The van der Waals surface area contributed by atoms with Crippen molar-refractivity contribution >= 4 is 33.2 Å². The zero-order valence-electron chi connectivity index (χ0n) is 11.7. The Morgan fingerprint density at radius 1 is 1.24 bits per heavy atom. The Hall–Kier alpha value is -1.72. The van der Waals surface area contributed by atoms with E-state index in [1.807, 2.05) is 13.8 Å². The molecule has 0 radical (unpaired) electrons. The van der Waals surface area contributed by atoms with Crippen LogP contribution >= 0.6 is 22.9 Å². The minimum absolute atomic E-state index is 0.229. The molecule has 0 aliphatic carbocycles. The molecule has 3 nitrogen and oxygen atoms in total. The predicted molar refractivity (Wildman–Crippen MR) is 83.8 cm³/mol. The molecule has 3 aromatic rings. The third kappa shape index (κ3) is 2.26. The first-order chi connectivity index (χ1) is 10.0. The van der Waals surface area contributed by atoms with Gasteiger partial charge in [-0.2, -0.15) is 0 Å². The van der Waals surface area contributed by atoms with Gasteiger partial charge in [-0.25, -0.2) is 14.4 Å². The molecule has 0 N–H and O–H groups in total. The van der Waals surface area contributed by atoms with Crippen LogP contribution in [0.3, 0.4) is 0 Å². The van der Waals surface area contributed by atoms with Crippen molar-refractivity contribution in [3.05, 3.63) is 39.6 Å². The lowest BCUT2D eigenvalue weighted by Gasteiger charge is -2.08. The van der Waals surface area contributed by atoms with Crippen molar-refractivity contribution in [3.63, 3.8) is 0 Å². The van der Waals surface area contributed by atoms with Crippen molar-refractivity contribution in [1.29, 1.82) is 0 Å². The fourth-order valence-electron chi connectivity index (χ4n) is 2.20. The average Bonchev–Trinajstić information content (AvgIpc) is 2.73. The lowest BCUT2D eigenvalue weighted by molar-refractivity contribution is 0.413. The van der Waals surface area contributed by atoms with Crippen molar-refractivity contribution < 1.29 is 9.13 Å². The number of nitrogens with zero attached hydrogens (tertiary/aromatic N) is 2. The molecule has 2 aromatic heterocycles. The highest BCUT2D eigenvalue weighted by Crippen LogP contribution is 2.37. The monoisotopic (exact) mass is 322 g/mol. The Morgan fingerprint density at radius 2 is 2.00 bits per heavy atom. The van der Waals surface area contributed by atoms with Gasteiger partial charge in [0.2, 0.25) is 0 Å². The molecule has 0 bridgehead atoms. The van der Waals surface area contributed by atoms with E-state index in [1.54, 1.807) is 12.1 Å². The van der Waals surface area contributed by atoms with Gasteiger partial charge < -0.3 is 4.74 Å². The SMILES string of the molecule is COc1cccc(F)c1-c1nc(Cl)c2c(C)c(C)sc2n1. The summed E-state index contributed by atoms with van der Waals surface area (Å²) in [4.78, 5) is 10.6. The van der Waals surface area contributed by atoms with Crippen molar-refractivity contribution in [2.24, 2.45) is 0 Å². The van der Waals surface area contributed by atoms with Gasteiger partial charge in [0.15, 0.2) is 5.82 Å². The number of hydrogen-bond acceptors (Lipinski definition) is 4. The average molecular weight is 323 g/mol. The van der Waals surface area contributed by atoms with E-state index in [2.05, 4.69) is 9.97 Å². The fraction of sp³-hybridized carbons (Fsp3) is 0.200. The van der Waals surface area contributed by atoms with Crippen LogP contribution in [0.1, 0.15) is 10.4 Å². The van der Waals surface area contributed by atoms with Gasteiger partial charge in [0.1, 0.15) is 21.6 Å². The fourth-order valence-corrected chi connectivity index (χ4v) is 3.60. The second-order valence-corrected chi connectivity index (χ2v) is 6.18. The standard InChI is InChI=1S/C15H12ClFN2OS/c1-7-8(2)21-15-11(7)13(16)18-14(19-15)12-9(17)5-4-6-10(12)20-3/h4-6H,1-3H3. The van der Waals surface area contributed by atoms with Crippen LogP contribution in [0.15, 0.2) is 18.2 Å². The van der Waals surface area contributed by atoms with E-state index in [1.165, 1.54) is 24.5 Å². The number of aromatic nitrogens is 2. The molecule has 0 unspecified atom stereocenters. The van der Waals surface area contributed by atoms with Crippen LogP contribution in [0.4, 0.5) is 4.39 Å². The van der Waals surface area contributed by atoms with E-state index in [9.17, 15) is 4.39 Å². The summed E-state index contributed by atoms with van der Waals surface area (Å²) in [6, 6.07) is 4.60. The van der Waals surface area contributed by atoms with Crippen molar-refractivity contribution in [3.8, 4) is 17.1 Å². The molecule has 0 fully saturated rings. The number of thiophene rings is 1. The van der Waals surface area contributed by atoms with E-state index in [0.717, 1.165) is 20.7 Å². The normalized spacial score (nSPS) is 11.1. The molecule has 1 aromatic carbocycles. The highest BCUT2D eigenvalue weighted by molar-refractivity contribution is 7.18. The first-order valence-corrected chi connectivity index (χ1v) is 7.48. The van der Waals surface area contributed by atoms with Gasteiger partial charge in [0.05, 0.1) is 18.1 Å². The number of benzene rings is 1. The number of ether oxygens (including phenoxy) is 1. The number of methoxy groups -OCH3 is 1. The highest BCUT2D eigenvalue weighted by atomic mass is 35.5. The number of fused-ring (bicyclic) bond motifs is 1. The smallest absolute Gasteiger partial charge is 0.169 e. The third-order valence-corrected chi connectivity index (χ3v) is 4.78. The molecule has 3 rings (SSSR count). The van der Waals surface area contributed by atoms with Gasteiger partial charge in [-0.15, -0.1) is 11.3 Å². The minimum atomic E-state index is -0.435. The van der Waals surface area contributed by atoms with E-state index in [4.69, 9.17) is 16.3 Å². The van der Waals surface area contributed by atoms with E-state index >= 15 is 0 Å². The molecular weight excluding hydrogens is 311 g/mol. The number of halogens is 2. The molecule has 0 saturated carbocycles. The highest BCUT2D eigenvalue weighted by Gasteiger charge is 2.19. The summed E-state index contributed by atoms with van der Waals surface area (Å²) >= 11 is 7.79. The van der Waals surface area contributed by atoms with Crippen LogP contribution in [0.2, 0.25) is 5.15 Å². The molecule has 0 aliphatic rings. The van der Waals surface area contributed by atoms with Crippen LogP contribution in [0.25, 0.3) is 21.6 Å². The molecule has 0 amide bonds. The van der Waals surface area contributed by atoms with Crippen LogP contribution in [0.5, 0.6) is 5.75 Å².